The van der Waals surface area contributed by atoms with Gasteiger partial charge in [-0.3, -0.25) is 9.59 Å². The first kappa shape index (κ1) is 11.5. The number of carboxylic acids is 1. The lowest BCUT2D eigenvalue weighted by molar-refractivity contribution is -0.139. The van der Waals surface area contributed by atoms with Gasteiger partial charge in [0.1, 0.15) is 11.6 Å². The highest BCUT2D eigenvalue weighted by molar-refractivity contribution is 5.98. The van der Waals surface area contributed by atoms with E-state index in [2.05, 4.69) is 5.32 Å². The number of halogens is 2. The molecule has 1 aromatic carbocycles. The molecule has 2 unspecified atom stereocenters. The molecule has 0 aliphatic heterocycles. The fraction of sp³-hybridized carbons (Fsp3) is 0.273. The molecule has 0 bridgehead atoms. The first-order valence-corrected chi connectivity index (χ1v) is 4.98. The summed E-state index contributed by atoms with van der Waals surface area (Å²) in [5.41, 5.74) is -0.146. The summed E-state index contributed by atoms with van der Waals surface area (Å²) in [5.74, 6) is -4.54. The van der Waals surface area contributed by atoms with Gasteiger partial charge in [-0.1, -0.05) is 0 Å². The molecule has 17 heavy (non-hydrogen) atoms. The number of carboxylic acid groups (broad SMARTS) is 1. The molecule has 0 radical (unpaired) electrons. The van der Waals surface area contributed by atoms with Crippen molar-refractivity contribution < 1.29 is 23.5 Å². The van der Waals surface area contributed by atoms with E-state index in [0.29, 0.717) is 6.07 Å². The molecule has 2 rings (SSSR count). The topological polar surface area (TPSA) is 66.4 Å². The van der Waals surface area contributed by atoms with Gasteiger partial charge in [0.15, 0.2) is 0 Å². The highest BCUT2D eigenvalue weighted by atomic mass is 19.1. The number of carbonyl (C=O) groups excluding carboxylic acids is 1. The van der Waals surface area contributed by atoms with E-state index < -0.39 is 35.3 Å². The summed E-state index contributed by atoms with van der Waals surface area (Å²) in [6.45, 7) is 0. The van der Waals surface area contributed by atoms with Crippen LogP contribution >= 0.6 is 0 Å². The number of hydrogen-bond acceptors (Lipinski definition) is 2. The van der Waals surface area contributed by atoms with Crippen molar-refractivity contribution >= 4 is 17.6 Å². The first-order valence-electron chi connectivity index (χ1n) is 4.98. The molecule has 1 saturated carbocycles. The normalized spacial score (nSPS) is 22.0. The molecule has 0 heterocycles. The van der Waals surface area contributed by atoms with Gasteiger partial charge in [0.25, 0.3) is 0 Å². The van der Waals surface area contributed by atoms with Crippen molar-refractivity contribution in [3.8, 4) is 0 Å². The molecule has 2 atom stereocenters. The largest absolute Gasteiger partial charge is 0.481 e. The van der Waals surface area contributed by atoms with Crippen LogP contribution in [0, 0.1) is 23.5 Å². The van der Waals surface area contributed by atoms with Crippen LogP contribution in [0.5, 0.6) is 0 Å². The zero-order valence-corrected chi connectivity index (χ0v) is 8.61. The number of carbonyl (C=O) groups is 2. The predicted molar refractivity (Wildman–Crippen MR) is 54.2 cm³/mol. The molecule has 6 heteroatoms. The monoisotopic (exact) mass is 241 g/mol. The number of hydrogen-bond donors (Lipinski definition) is 2. The standard InChI is InChI=1S/C11H9F2NO3/c12-5-1-2-9(8(13)3-5)14-10(15)6-4-7(6)11(16)17/h1-3,6-7H,4H2,(H,14,15)(H,16,17). The van der Waals surface area contributed by atoms with Gasteiger partial charge in [-0.15, -0.1) is 0 Å². The average molecular weight is 241 g/mol. The van der Waals surface area contributed by atoms with Crippen molar-refractivity contribution in [2.75, 3.05) is 5.32 Å². The average Bonchev–Trinajstić information content (AvgIpc) is 3.01. The van der Waals surface area contributed by atoms with Crippen LogP contribution < -0.4 is 5.32 Å². The zero-order chi connectivity index (χ0) is 12.6. The van der Waals surface area contributed by atoms with Gasteiger partial charge in [0.2, 0.25) is 5.91 Å². The Morgan fingerprint density at radius 2 is 2.00 bits per heavy atom. The second-order valence-corrected chi connectivity index (χ2v) is 3.90. The molecule has 2 N–H and O–H groups in total. The third kappa shape index (κ3) is 2.41. The van der Waals surface area contributed by atoms with Crippen LogP contribution in [0.15, 0.2) is 18.2 Å². The molecule has 0 spiro atoms. The maximum atomic E-state index is 13.2. The molecule has 90 valence electrons. The summed E-state index contributed by atoms with van der Waals surface area (Å²) < 4.78 is 25.8. The molecule has 1 aromatic rings. The van der Waals surface area contributed by atoms with E-state index >= 15 is 0 Å². The van der Waals surface area contributed by atoms with E-state index in [1.807, 2.05) is 0 Å². The van der Waals surface area contributed by atoms with Crippen molar-refractivity contribution in [2.24, 2.45) is 11.8 Å². The van der Waals surface area contributed by atoms with Gasteiger partial charge < -0.3 is 10.4 Å². The van der Waals surface area contributed by atoms with Crippen LogP contribution in [0.1, 0.15) is 6.42 Å². The minimum absolute atomic E-state index is 0.146. The number of rotatable bonds is 3. The lowest BCUT2D eigenvalue weighted by atomic mass is 10.2. The smallest absolute Gasteiger partial charge is 0.307 e. The van der Waals surface area contributed by atoms with Crippen molar-refractivity contribution in [1.82, 2.24) is 0 Å². The summed E-state index contributed by atoms with van der Waals surface area (Å²) in [6, 6.07) is 2.76. The minimum atomic E-state index is -1.04. The fourth-order valence-electron chi connectivity index (χ4n) is 1.57. The molecule has 0 saturated heterocycles. The predicted octanol–water partition coefficient (Wildman–Crippen LogP) is 1.62. The molecule has 1 fully saturated rings. The molecule has 1 amide bonds. The summed E-state index contributed by atoms with van der Waals surface area (Å²) in [6.07, 6.45) is 0.254. The lowest BCUT2D eigenvalue weighted by Crippen LogP contribution is -2.17. The van der Waals surface area contributed by atoms with Gasteiger partial charge in [0, 0.05) is 6.07 Å². The molecule has 1 aliphatic carbocycles. The summed E-state index contributed by atoms with van der Waals surface area (Å²) in [4.78, 5) is 22.0. The van der Waals surface area contributed by atoms with E-state index in [-0.39, 0.29) is 12.1 Å². The van der Waals surface area contributed by atoms with Gasteiger partial charge in [0.05, 0.1) is 17.5 Å². The highest BCUT2D eigenvalue weighted by Gasteiger charge is 2.48. The third-order valence-corrected chi connectivity index (χ3v) is 2.63. The Hall–Kier alpha value is -1.98. The second kappa shape index (κ2) is 4.12. The molecular formula is C11H9F2NO3. The molecule has 0 aromatic heterocycles. The third-order valence-electron chi connectivity index (χ3n) is 2.63. The van der Waals surface area contributed by atoms with Crippen LogP contribution in [0.4, 0.5) is 14.5 Å². The summed E-state index contributed by atoms with van der Waals surface area (Å²) >= 11 is 0. The Labute approximate surface area is 95.2 Å². The minimum Gasteiger partial charge on any atom is -0.481 e. The van der Waals surface area contributed by atoms with Crippen molar-refractivity contribution in [1.29, 1.82) is 0 Å². The maximum absolute atomic E-state index is 13.2. The SMILES string of the molecule is O=C(O)C1CC1C(=O)Nc1ccc(F)cc1F. The lowest BCUT2D eigenvalue weighted by Gasteiger charge is -2.05. The Balaban J connectivity index is 2.02. The Morgan fingerprint density at radius 3 is 2.53 bits per heavy atom. The van der Waals surface area contributed by atoms with Crippen LogP contribution in [0.3, 0.4) is 0 Å². The summed E-state index contributed by atoms with van der Waals surface area (Å²) in [7, 11) is 0. The quantitative estimate of drug-likeness (QED) is 0.845. The molecular weight excluding hydrogens is 232 g/mol. The van der Waals surface area contributed by atoms with E-state index in [1.165, 1.54) is 0 Å². The number of amides is 1. The fourth-order valence-corrected chi connectivity index (χ4v) is 1.57. The van der Waals surface area contributed by atoms with E-state index in [9.17, 15) is 18.4 Å². The van der Waals surface area contributed by atoms with E-state index in [0.717, 1.165) is 12.1 Å². The van der Waals surface area contributed by atoms with Crippen LogP contribution in [0.25, 0.3) is 0 Å². The van der Waals surface area contributed by atoms with E-state index in [4.69, 9.17) is 5.11 Å². The van der Waals surface area contributed by atoms with Gasteiger partial charge in [-0.25, -0.2) is 8.78 Å². The van der Waals surface area contributed by atoms with Crippen LogP contribution in [0.2, 0.25) is 0 Å². The molecule has 4 nitrogen and oxygen atoms in total. The maximum Gasteiger partial charge on any atom is 0.307 e. The number of aliphatic carboxylic acids is 1. The number of anilines is 1. The number of nitrogens with one attached hydrogen (secondary N) is 1. The highest BCUT2D eigenvalue weighted by Crippen LogP contribution is 2.39. The van der Waals surface area contributed by atoms with Gasteiger partial charge >= 0.3 is 5.97 Å². The van der Waals surface area contributed by atoms with Crippen LogP contribution in [-0.4, -0.2) is 17.0 Å². The summed E-state index contributed by atoms with van der Waals surface area (Å²) in [5, 5.41) is 10.9. The zero-order valence-electron chi connectivity index (χ0n) is 8.61. The Morgan fingerprint density at radius 1 is 1.29 bits per heavy atom. The van der Waals surface area contributed by atoms with Crippen LogP contribution in [-0.2, 0) is 9.59 Å². The van der Waals surface area contributed by atoms with Crippen molar-refractivity contribution in [3.63, 3.8) is 0 Å². The Kier molecular flexibility index (Phi) is 2.79. The second-order valence-electron chi connectivity index (χ2n) is 3.90. The van der Waals surface area contributed by atoms with Crippen molar-refractivity contribution in [2.45, 2.75) is 6.42 Å². The van der Waals surface area contributed by atoms with Gasteiger partial charge in [-0.05, 0) is 18.6 Å². The van der Waals surface area contributed by atoms with Crippen molar-refractivity contribution in [3.05, 3.63) is 29.8 Å². The van der Waals surface area contributed by atoms with E-state index in [1.54, 1.807) is 0 Å². The number of benzene rings is 1. The first-order chi connectivity index (χ1) is 7.99. The van der Waals surface area contributed by atoms with Gasteiger partial charge in [-0.2, -0.15) is 0 Å². The molecule has 1 aliphatic rings. The Bertz CT molecular complexity index is 490.